The number of barbiturate groups is 1. The zero-order chi connectivity index (χ0) is 21.2. The van der Waals surface area contributed by atoms with Crippen LogP contribution in [0.3, 0.4) is 0 Å². The minimum Gasteiger partial charge on any atom is -0.372 e. The molecule has 0 radical (unpaired) electrons. The Hall–Kier alpha value is -2.88. The van der Waals surface area contributed by atoms with Gasteiger partial charge in [-0.25, -0.2) is 13.6 Å². The molecule has 2 N–H and O–H groups in total. The van der Waals surface area contributed by atoms with Gasteiger partial charge in [0, 0.05) is 13.0 Å². The molecule has 2 fully saturated rings. The molecule has 0 aromatic heterocycles. The van der Waals surface area contributed by atoms with Crippen molar-refractivity contribution in [2.45, 2.75) is 45.4 Å². The molecule has 2 saturated heterocycles. The van der Waals surface area contributed by atoms with E-state index in [1.54, 1.807) is 13.8 Å². The summed E-state index contributed by atoms with van der Waals surface area (Å²) in [4.78, 5) is 50.8. The number of fused-ring (bicyclic) bond motifs is 4. The second kappa shape index (κ2) is 6.31. The van der Waals surface area contributed by atoms with Crippen molar-refractivity contribution in [3.05, 3.63) is 28.8 Å². The fraction of sp³-hybridized carbons (Fsp3) is 0.474. The highest BCUT2D eigenvalue weighted by molar-refractivity contribution is 6.20. The third kappa shape index (κ3) is 2.58. The normalized spacial score (nSPS) is 27.8. The topological polar surface area (TPSA) is 105 Å². The van der Waals surface area contributed by atoms with Crippen LogP contribution in [0, 0.1) is 17.0 Å². The number of amides is 4. The Bertz CT molecular complexity index is 959. The zero-order valence-electron chi connectivity index (χ0n) is 16.0. The number of Topliss-reactive ketones (excluding diaryl/α,β-unsaturated/α-hetero) is 1. The fourth-order valence-corrected chi connectivity index (χ4v) is 4.79. The van der Waals surface area contributed by atoms with Crippen LogP contribution in [0.5, 0.6) is 0 Å². The summed E-state index contributed by atoms with van der Waals surface area (Å²) in [5.74, 6) is -4.85. The molecule has 3 aliphatic rings. The Morgan fingerprint density at radius 2 is 1.79 bits per heavy atom. The molecule has 4 amide bonds. The average molecular weight is 407 g/mol. The van der Waals surface area contributed by atoms with Crippen LogP contribution in [0.15, 0.2) is 6.07 Å². The van der Waals surface area contributed by atoms with E-state index in [1.165, 1.54) is 11.0 Å². The van der Waals surface area contributed by atoms with E-state index in [0.29, 0.717) is 0 Å². The third-order valence-electron chi connectivity index (χ3n) is 5.85. The summed E-state index contributed by atoms with van der Waals surface area (Å²) >= 11 is 0. The van der Waals surface area contributed by atoms with Crippen molar-refractivity contribution in [2.24, 2.45) is 5.41 Å². The molecule has 154 valence electrons. The lowest BCUT2D eigenvalue weighted by Gasteiger charge is -2.55. The molecule has 0 saturated carbocycles. The van der Waals surface area contributed by atoms with Gasteiger partial charge in [-0.05, 0) is 32.4 Å². The maximum absolute atomic E-state index is 15.1. The number of nitrogens with one attached hydrogen (secondary N) is 2. The molecule has 1 aromatic carbocycles. The minimum absolute atomic E-state index is 0.0913. The van der Waals surface area contributed by atoms with E-state index in [0.717, 1.165) is 6.92 Å². The van der Waals surface area contributed by atoms with Gasteiger partial charge >= 0.3 is 6.03 Å². The van der Waals surface area contributed by atoms with Gasteiger partial charge in [-0.15, -0.1) is 0 Å². The summed E-state index contributed by atoms with van der Waals surface area (Å²) in [5, 5.41) is 4.20. The third-order valence-corrected chi connectivity index (χ3v) is 5.85. The first-order valence-electron chi connectivity index (χ1n) is 9.18. The van der Waals surface area contributed by atoms with Crippen LogP contribution in [0.25, 0.3) is 0 Å². The Morgan fingerprint density at radius 1 is 1.17 bits per heavy atom. The van der Waals surface area contributed by atoms with E-state index in [9.17, 15) is 23.6 Å². The van der Waals surface area contributed by atoms with Crippen LogP contribution < -0.4 is 15.5 Å². The number of benzene rings is 1. The van der Waals surface area contributed by atoms with Gasteiger partial charge < -0.3 is 9.64 Å². The van der Waals surface area contributed by atoms with Gasteiger partial charge in [-0.3, -0.25) is 25.0 Å². The van der Waals surface area contributed by atoms with E-state index in [2.05, 4.69) is 10.6 Å². The summed E-state index contributed by atoms with van der Waals surface area (Å²) < 4.78 is 35.4. The maximum Gasteiger partial charge on any atom is 0.328 e. The van der Waals surface area contributed by atoms with Gasteiger partial charge in [0.2, 0.25) is 11.8 Å². The highest BCUT2D eigenvalue weighted by Gasteiger charge is 2.63. The molecule has 3 heterocycles. The summed E-state index contributed by atoms with van der Waals surface area (Å²) in [6.45, 7) is 4.56. The molecule has 4 rings (SSSR count). The van der Waals surface area contributed by atoms with Crippen molar-refractivity contribution in [1.29, 1.82) is 0 Å². The lowest BCUT2D eigenvalue weighted by atomic mass is 9.66. The number of hydrogen-bond acceptors (Lipinski definition) is 6. The predicted octanol–water partition coefficient (Wildman–Crippen LogP) is 1.06. The summed E-state index contributed by atoms with van der Waals surface area (Å²) in [6, 6.07) is -0.748. The number of hydrogen-bond donors (Lipinski definition) is 2. The van der Waals surface area contributed by atoms with Crippen molar-refractivity contribution >= 4 is 29.3 Å². The van der Waals surface area contributed by atoms with E-state index >= 15 is 4.39 Å². The van der Waals surface area contributed by atoms with Crippen molar-refractivity contribution in [2.75, 3.05) is 11.4 Å². The molecule has 10 heteroatoms. The molecule has 1 spiro atoms. The van der Waals surface area contributed by atoms with Gasteiger partial charge in [0.25, 0.3) is 0 Å². The number of carbonyl (C=O) groups is 4. The van der Waals surface area contributed by atoms with E-state index in [-0.39, 0.29) is 24.2 Å². The smallest absolute Gasteiger partial charge is 0.328 e. The molecule has 0 bridgehead atoms. The van der Waals surface area contributed by atoms with Gasteiger partial charge in [-0.1, -0.05) is 0 Å². The predicted molar refractivity (Wildman–Crippen MR) is 95.3 cm³/mol. The molecule has 3 atom stereocenters. The highest BCUT2D eigenvalue weighted by atomic mass is 19.2. The highest BCUT2D eigenvalue weighted by Crippen LogP contribution is 2.48. The number of ketones is 1. The van der Waals surface area contributed by atoms with Gasteiger partial charge in [0.05, 0.1) is 29.5 Å². The summed E-state index contributed by atoms with van der Waals surface area (Å²) in [7, 11) is 0. The Kier molecular flexibility index (Phi) is 4.23. The van der Waals surface area contributed by atoms with Crippen molar-refractivity contribution < 1.29 is 32.7 Å². The van der Waals surface area contributed by atoms with Crippen LogP contribution in [0.4, 0.5) is 19.3 Å². The SMILES string of the molecule is CC(=O)c1cc2c(c(F)c1F)N1C[C@H](C)O[C@H](C)[C@H]1C1(C2)C(=O)NC(=O)NC1=O. The number of rotatable bonds is 1. The Balaban J connectivity index is 1.99. The molecule has 0 aliphatic carbocycles. The van der Waals surface area contributed by atoms with Crippen LogP contribution in [0.1, 0.15) is 36.7 Å². The lowest BCUT2D eigenvalue weighted by molar-refractivity contribution is -0.153. The monoisotopic (exact) mass is 407 g/mol. The van der Waals surface area contributed by atoms with Crippen molar-refractivity contribution in [1.82, 2.24) is 10.6 Å². The quantitative estimate of drug-likeness (QED) is 0.533. The maximum atomic E-state index is 15.1. The van der Waals surface area contributed by atoms with E-state index < -0.39 is 64.5 Å². The number of anilines is 1. The van der Waals surface area contributed by atoms with Gasteiger partial charge in [-0.2, -0.15) is 0 Å². The van der Waals surface area contributed by atoms with Gasteiger partial charge in [0.15, 0.2) is 22.8 Å². The number of halogens is 2. The first kappa shape index (κ1) is 19.4. The number of nitrogens with zero attached hydrogens (tertiary/aromatic N) is 1. The molecule has 1 aromatic rings. The molecule has 3 aliphatic heterocycles. The van der Waals surface area contributed by atoms with Crippen LogP contribution in [0.2, 0.25) is 0 Å². The standard InChI is InChI=1S/C19H19F2N3O5/c1-7-6-24-14-10(4-11(8(2)25)12(20)13(14)21)5-19(15(24)9(3)29-7)16(26)22-18(28)23-17(19)27/h4,7,9,15H,5-6H2,1-3H3,(H2,22,23,26,27,28)/t7-,9+,15-/m0/s1. The summed E-state index contributed by atoms with van der Waals surface area (Å²) in [5.41, 5.74) is -2.22. The van der Waals surface area contributed by atoms with E-state index in [4.69, 9.17) is 4.74 Å². The number of carbonyl (C=O) groups excluding carboxylic acids is 4. The summed E-state index contributed by atoms with van der Waals surface area (Å²) in [6.07, 6.45) is -1.41. The number of morpholine rings is 1. The van der Waals surface area contributed by atoms with E-state index in [1.807, 2.05) is 0 Å². The van der Waals surface area contributed by atoms with Crippen LogP contribution in [-0.2, 0) is 20.7 Å². The molecular formula is C19H19F2N3O5. The molecule has 29 heavy (non-hydrogen) atoms. The van der Waals surface area contributed by atoms with Crippen LogP contribution in [-0.4, -0.2) is 48.4 Å². The van der Waals surface area contributed by atoms with Gasteiger partial charge in [0.1, 0.15) is 0 Å². The number of urea groups is 1. The van der Waals surface area contributed by atoms with Crippen LogP contribution >= 0.6 is 0 Å². The van der Waals surface area contributed by atoms with Crippen molar-refractivity contribution in [3.63, 3.8) is 0 Å². The minimum atomic E-state index is -1.81. The average Bonchev–Trinajstić information content (AvgIpc) is 2.61. The zero-order valence-corrected chi connectivity index (χ0v) is 16.0. The Morgan fingerprint density at radius 3 is 2.38 bits per heavy atom. The fourth-order valence-electron chi connectivity index (χ4n) is 4.79. The molecule has 0 unspecified atom stereocenters. The number of imide groups is 2. The molecule has 8 nitrogen and oxygen atoms in total. The Labute approximate surface area is 164 Å². The second-order valence-electron chi connectivity index (χ2n) is 7.75. The first-order chi connectivity index (χ1) is 13.6. The first-order valence-corrected chi connectivity index (χ1v) is 9.18. The lowest BCUT2D eigenvalue weighted by Crippen LogP contribution is -2.75. The largest absolute Gasteiger partial charge is 0.372 e. The number of ether oxygens (including phenoxy) is 1. The molecular weight excluding hydrogens is 388 g/mol. The second-order valence-corrected chi connectivity index (χ2v) is 7.75. The van der Waals surface area contributed by atoms with Crippen molar-refractivity contribution in [3.8, 4) is 0 Å².